The maximum absolute atomic E-state index is 12.3. The van der Waals surface area contributed by atoms with E-state index in [4.69, 9.17) is 0 Å². The zero-order valence-corrected chi connectivity index (χ0v) is 10.6. The SMILES string of the molecule is CCNc1nc(C2CC2)nc(NCC(F)F)c1C. The van der Waals surface area contributed by atoms with E-state index in [1.54, 1.807) is 0 Å². The van der Waals surface area contributed by atoms with E-state index < -0.39 is 6.43 Å². The summed E-state index contributed by atoms with van der Waals surface area (Å²) in [6.45, 7) is 4.18. The second kappa shape index (κ2) is 5.46. The van der Waals surface area contributed by atoms with Crippen molar-refractivity contribution in [1.82, 2.24) is 9.97 Å². The number of alkyl halides is 2. The smallest absolute Gasteiger partial charge is 0.255 e. The summed E-state index contributed by atoms with van der Waals surface area (Å²) in [6, 6.07) is 0. The van der Waals surface area contributed by atoms with Gasteiger partial charge in [-0.15, -0.1) is 0 Å². The molecule has 0 saturated heterocycles. The topological polar surface area (TPSA) is 49.8 Å². The molecule has 6 heteroatoms. The van der Waals surface area contributed by atoms with Gasteiger partial charge in [0.05, 0.1) is 6.54 Å². The fraction of sp³-hybridized carbons (Fsp3) is 0.667. The molecule has 1 saturated carbocycles. The van der Waals surface area contributed by atoms with Crippen LogP contribution >= 0.6 is 0 Å². The molecule has 2 N–H and O–H groups in total. The summed E-state index contributed by atoms with van der Waals surface area (Å²) in [4.78, 5) is 8.82. The van der Waals surface area contributed by atoms with Crippen LogP contribution in [0, 0.1) is 6.92 Å². The number of rotatable bonds is 6. The summed E-state index contributed by atoms with van der Waals surface area (Å²) in [5.41, 5.74) is 0.793. The van der Waals surface area contributed by atoms with Crippen molar-refractivity contribution in [2.45, 2.75) is 39.0 Å². The first-order chi connectivity index (χ1) is 8.61. The average Bonchev–Trinajstić information content (AvgIpc) is 3.14. The predicted molar refractivity (Wildman–Crippen MR) is 67.4 cm³/mol. The Hall–Kier alpha value is -1.46. The second-order valence-corrected chi connectivity index (χ2v) is 4.48. The Morgan fingerprint density at radius 3 is 2.33 bits per heavy atom. The molecule has 0 radical (unpaired) electrons. The molecule has 0 aliphatic heterocycles. The molecule has 1 aliphatic rings. The van der Waals surface area contributed by atoms with E-state index in [0.29, 0.717) is 11.7 Å². The number of nitrogens with one attached hydrogen (secondary N) is 2. The van der Waals surface area contributed by atoms with Gasteiger partial charge >= 0.3 is 0 Å². The minimum atomic E-state index is -2.38. The van der Waals surface area contributed by atoms with Crippen LogP contribution in [-0.4, -0.2) is 29.5 Å². The molecule has 2 rings (SSSR count). The minimum Gasteiger partial charge on any atom is -0.370 e. The van der Waals surface area contributed by atoms with Crippen molar-refractivity contribution in [1.29, 1.82) is 0 Å². The molecule has 0 spiro atoms. The van der Waals surface area contributed by atoms with Crippen LogP contribution in [0.25, 0.3) is 0 Å². The van der Waals surface area contributed by atoms with Gasteiger partial charge in [0.1, 0.15) is 17.5 Å². The Kier molecular flexibility index (Phi) is 3.93. The molecule has 100 valence electrons. The molecule has 4 nitrogen and oxygen atoms in total. The molecule has 1 aromatic rings. The highest BCUT2D eigenvalue weighted by molar-refractivity contribution is 5.57. The van der Waals surface area contributed by atoms with Crippen LogP contribution in [0.2, 0.25) is 0 Å². The average molecular weight is 256 g/mol. The number of hydrogen-bond donors (Lipinski definition) is 2. The molecule has 1 fully saturated rings. The summed E-state index contributed by atoms with van der Waals surface area (Å²) in [7, 11) is 0. The van der Waals surface area contributed by atoms with Crippen molar-refractivity contribution >= 4 is 11.6 Å². The standard InChI is InChI=1S/C12H18F2N4/c1-3-15-10-7(2)11(16-6-9(13)14)18-12(17-10)8-4-5-8/h8-9H,3-6H2,1-2H3,(H2,15,16,17,18). The minimum absolute atomic E-state index is 0.381. The third-order valence-electron chi connectivity index (χ3n) is 2.87. The first kappa shape index (κ1) is 13.0. The van der Waals surface area contributed by atoms with Gasteiger partial charge in [0.15, 0.2) is 0 Å². The molecule has 0 atom stereocenters. The Morgan fingerprint density at radius 2 is 1.83 bits per heavy atom. The van der Waals surface area contributed by atoms with Gasteiger partial charge in [0, 0.05) is 18.0 Å². The first-order valence-corrected chi connectivity index (χ1v) is 6.26. The Bertz CT molecular complexity index is 419. The van der Waals surface area contributed by atoms with Gasteiger partial charge in [-0.2, -0.15) is 0 Å². The molecule has 0 amide bonds. The van der Waals surface area contributed by atoms with E-state index in [9.17, 15) is 8.78 Å². The van der Waals surface area contributed by atoms with Gasteiger partial charge in [0.25, 0.3) is 6.43 Å². The fourth-order valence-electron chi connectivity index (χ4n) is 1.74. The molecule has 0 bridgehead atoms. The molecular weight excluding hydrogens is 238 g/mol. The maximum atomic E-state index is 12.3. The quantitative estimate of drug-likeness (QED) is 0.821. The van der Waals surface area contributed by atoms with E-state index in [1.165, 1.54) is 0 Å². The van der Waals surface area contributed by atoms with Crippen molar-refractivity contribution in [3.8, 4) is 0 Å². The Balaban J connectivity index is 2.24. The zero-order valence-electron chi connectivity index (χ0n) is 10.6. The van der Waals surface area contributed by atoms with Crippen LogP contribution in [0.3, 0.4) is 0 Å². The van der Waals surface area contributed by atoms with Crippen molar-refractivity contribution in [2.75, 3.05) is 23.7 Å². The van der Waals surface area contributed by atoms with Crippen molar-refractivity contribution in [3.05, 3.63) is 11.4 Å². The van der Waals surface area contributed by atoms with Crippen LogP contribution in [0.15, 0.2) is 0 Å². The Labute approximate surface area is 105 Å². The van der Waals surface area contributed by atoms with Crippen LogP contribution < -0.4 is 10.6 Å². The lowest BCUT2D eigenvalue weighted by atomic mass is 10.2. The van der Waals surface area contributed by atoms with E-state index >= 15 is 0 Å². The molecule has 0 aromatic carbocycles. The van der Waals surface area contributed by atoms with Gasteiger partial charge in [-0.3, -0.25) is 0 Å². The fourth-order valence-corrected chi connectivity index (χ4v) is 1.74. The molecular formula is C12H18F2N4. The predicted octanol–water partition coefficient (Wildman–Crippen LogP) is 2.77. The van der Waals surface area contributed by atoms with Crippen LogP contribution in [0.1, 0.15) is 37.1 Å². The summed E-state index contributed by atoms with van der Waals surface area (Å²) in [5, 5.41) is 5.84. The van der Waals surface area contributed by atoms with E-state index in [2.05, 4.69) is 20.6 Å². The van der Waals surface area contributed by atoms with E-state index in [1.807, 2.05) is 13.8 Å². The summed E-state index contributed by atoms with van der Waals surface area (Å²) in [6.07, 6.45) is -0.211. The summed E-state index contributed by atoms with van der Waals surface area (Å²) < 4.78 is 24.5. The normalized spacial score (nSPS) is 14.9. The monoisotopic (exact) mass is 256 g/mol. The number of hydrogen-bond acceptors (Lipinski definition) is 4. The molecule has 18 heavy (non-hydrogen) atoms. The Morgan fingerprint density at radius 1 is 1.22 bits per heavy atom. The van der Waals surface area contributed by atoms with E-state index in [-0.39, 0.29) is 6.54 Å². The lowest BCUT2D eigenvalue weighted by Crippen LogP contribution is -2.15. The molecule has 1 aliphatic carbocycles. The third kappa shape index (κ3) is 3.05. The van der Waals surface area contributed by atoms with Crippen molar-refractivity contribution < 1.29 is 8.78 Å². The van der Waals surface area contributed by atoms with Gasteiger partial charge < -0.3 is 10.6 Å². The van der Waals surface area contributed by atoms with Gasteiger partial charge in [-0.05, 0) is 26.7 Å². The number of aromatic nitrogens is 2. The second-order valence-electron chi connectivity index (χ2n) is 4.48. The van der Waals surface area contributed by atoms with Crippen LogP contribution in [0.4, 0.5) is 20.4 Å². The first-order valence-electron chi connectivity index (χ1n) is 6.26. The largest absolute Gasteiger partial charge is 0.370 e. The number of halogens is 2. The number of anilines is 2. The van der Waals surface area contributed by atoms with Crippen molar-refractivity contribution in [3.63, 3.8) is 0 Å². The lowest BCUT2D eigenvalue weighted by molar-refractivity contribution is 0.163. The van der Waals surface area contributed by atoms with Crippen LogP contribution in [-0.2, 0) is 0 Å². The molecule has 0 unspecified atom stereocenters. The molecule has 1 heterocycles. The highest BCUT2D eigenvalue weighted by Gasteiger charge is 2.28. The van der Waals surface area contributed by atoms with E-state index in [0.717, 1.165) is 36.6 Å². The summed E-state index contributed by atoms with van der Waals surface area (Å²) >= 11 is 0. The van der Waals surface area contributed by atoms with Crippen LogP contribution in [0.5, 0.6) is 0 Å². The van der Waals surface area contributed by atoms with Gasteiger partial charge in [0.2, 0.25) is 0 Å². The zero-order chi connectivity index (χ0) is 13.1. The van der Waals surface area contributed by atoms with Gasteiger partial charge in [-0.1, -0.05) is 0 Å². The summed E-state index contributed by atoms with van der Waals surface area (Å²) in [5.74, 6) is 2.41. The molecule has 1 aromatic heterocycles. The highest BCUT2D eigenvalue weighted by Crippen LogP contribution is 2.39. The lowest BCUT2D eigenvalue weighted by Gasteiger charge is -2.14. The number of nitrogens with zero attached hydrogens (tertiary/aromatic N) is 2. The van der Waals surface area contributed by atoms with Gasteiger partial charge in [-0.25, -0.2) is 18.7 Å². The third-order valence-corrected chi connectivity index (χ3v) is 2.87. The maximum Gasteiger partial charge on any atom is 0.255 e. The van der Waals surface area contributed by atoms with Crippen molar-refractivity contribution in [2.24, 2.45) is 0 Å². The highest BCUT2D eigenvalue weighted by atomic mass is 19.3.